The molecule has 0 fully saturated rings. The summed E-state index contributed by atoms with van der Waals surface area (Å²) in [6.07, 6.45) is 1.15. The van der Waals surface area contributed by atoms with Crippen LogP contribution >= 0.6 is 11.3 Å². The van der Waals surface area contributed by atoms with Crippen molar-refractivity contribution < 1.29 is 14.3 Å². The van der Waals surface area contributed by atoms with Gasteiger partial charge >= 0.3 is 5.97 Å². The predicted octanol–water partition coefficient (Wildman–Crippen LogP) is 3.71. The number of halogens is 1. The van der Waals surface area contributed by atoms with Crippen LogP contribution in [0.3, 0.4) is 0 Å². The quantitative estimate of drug-likeness (QED) is 0.801. The van der Waals surface area contributed by atoms with E-state index in [1.807, 2.05) is 5.38 Å². The Morgan fingerprint density at radius 2 is 1.86 bits per heavy atom. The third-order valence-corrected chi connectivity index (χ3v) is 3.74. The summed E-state index contributed by atoms with van der Waals surface area (Å²) in [6.45, 7) is 0. The van der Waals surface area contributed by atoms with Crippen molar-refractivity contribution in [2.45, 2.75) is 0 Å². The summed E-state index contributed by atoms with van der Waals surface area (Å²) >= 11 is 1.40. The summed E-state index contributed by atoms with van der Waals surface area (Å²) in [5.41, 5.74) is 2.40. The largest absolute Gasteiger partial charge is 0.478 e. The Morgan fingerprint density at radius 3 is 2.48 bits per heavy atom. The molecule has 0 saturated carbocycles. The molecule has 21 heavy (non-hydrogen) atoms. The minimum Gasteiger partial charge on any atom is -0.478 e. The van der Waals surface area contributed by atoms with Gasteiger partial charge in [0, 0.05) is 10.9 Å². The van der Waals surface area contributed by atoms with Gasteiger partial charge in [-0.3, -0.25) is 4.98 Å². The average Bonchev–Trinajstić information content (AvgIpc) is 2.98. The normalized spacial score (nSPS) is 10.5. The Labute approximate surface area is 123 Å². The number of carboxylic acid groups (broad SMARTS) is 1. The second-order valence-electron chi connectivity index (χ2n) is 4.28. The molecule has 0 radical (unpaired) electrons. The van der Waals surface area contributed by atoms with Crippen LogP contribution in [0.1, 0.15) is 10.4 Å². The molecule has 1 N–H and O–H groups in total. The first kappa shape index (κ1) is 13.4. The molecule has 0 spiro atoms. The smallest absolute Gasteiger partial charge is 0.335 e. The minimum absolute atomic E-state index is 0.231. The Hall–Kier alpha value is -2.60. The van der Waals surface area contributed by atoms with Crippen LogP contribution < -0.4 is 0 Å². The van der Waals surface area contributed by atoms with Crippen LogP contribution in [0.15, 0.2) is 48.0 Å². The summed E-state index contributed by atoms with van der Waals surface area (Å²) in [7, 11) is 0. The molecule has 6 heteroatoms. The minimum atomic E-state index is -0.962. The van der Waals surface area contributed by atoms with Crippen LogP contribution in [0.2, 0.25) is 0 Å². The molecule has 0 atom stereocenters. The molecule has 0 saturated heterocycles. The van der Waals surface area contributed by atoms with Gasteiger partial charge in [0.15, 0.2) is 0 Å². The van der Waals surface area contributed by atoms with Gasteiger partial charge < -0.3 is 5.11 Å². The van der Waals surface area contributed by atoms with Gasteiger partial charge in [-0.15, -0.1) is 11.3 Å². The summed E-state index contributed by atoms with van der Waals surface area (Å²) in [4.78, 5) is 19.2. The highest BCUT2D eigenvalue weighted by Gasteiger charge is 2.09. The van der Waals surface area contributed by atoms with Gasteiger partial charge in [0.1, 0.15) is 10.8 Å². The van der Waals surface area contributed by atoms with Gasteiger partial charge in [-0.05, 0) is 24.3 Å². The van der Waals surface area contributed by atoms with E-state index in [1.54, 1.807) is 18.2 Å². The highest BCUT2D eigenvalue weighted by molar-refractivity contribution is 7.13. The fraction of sp³-hybridized carbons (Fsp3) is 0. The molecule has 0 amide bonds. The zero-order chi connectivity index (χ0) is 14.8. The highest BCUT2D eigenvalue weighted by atomic mass is 32.1. The lowest BCUT2D eigenvalue weighted by molar-refractivity contribution is 0.0697. The van der Waals surface area contributed by atoms with Crippen LogP contribution in [0.5, 0.6) is 0 Å². The number of aromatic carboxylic acids is 1. The van der Waals surface area contributed by atoms with E-state index in [0.29, 0.717) is 10.7 Å². The summed E-state index contributed by atoms with van der Waals surface area (Å²) in [6, 6.07) is 9.40. The molecule has 3 rings (SSSR count). The molecule has 104 valence electrons. The van der Waals surface area contributed by atoms with Gasteiger partial charge in [-0.2, -0.15) is 0 Å². The van der Waals surface area contributed by atoms with Gasteiger partial charge in [0.05, 0.1) is 23.1 Å². The Morgan fingerprint density at radius 1 is 1.10 bits per heavy atom. The number of rotatable bonds is 3. The van der Waals surface area contributed by atoms with Crippen LogP contribution in [0.25, 0.3) is 22.0 Å². The Bertz CT molecular complexity index is 782. The molecule has 0 aliphatic rings. The zero-order valence-corrected chi connectivity index (χ0v) is 11.5. The van der Waals surface area contributed by atoms with Crippen molar-refractivity contribution in [1.29, 1.82) is 0 Å². The molecule has 2 aromatic heterocycles. The van der Waals surface area contributed by atoms with Gasteiger partial charge in [-0.1, -0.05) is 12.1 Å². The maximum absolute atomic E-state index is 12.8. The van der Waals surface area contributed by atoms with E-state index < -0.39 is 5.97 Å². The highest BCUT2D eigenvalue weighted by Crippen LogP contribution is 2.27. The number of hydrogen-bond donors (Lipinski definition) is 1. The van der Waals surface area contributed by atoms with Crippen molar-refractivity contribution in [3.8, 4) is 22.0 Å². The van der Waals surface area contributed by atoms with Crippen molar-refractivity contribution in [3.05, 3.63) is 59.4 Å². The van der Waals surface area contributed by atoms with Gasteiger partial charge in [0.2, 0.25) is 0 Å². The lowest BCUT2D eigenvalue weighted by atomic mass is 10.1. The first-order valence-electron chi connectivity index (χ1n) is 6.04. The van der Waals surface area contributed by atoms with Gasteiger partial charge in [0.25, 0.3) is 0 Å². The Balaban J connectivity index is 1.90. The number of benzene rings is 1. The van der Waals surface area contributed by atoms with Crippen LogP contribution in [-0.4, -0.2) is 21.0 Å². The third kappa shape index (κ3) is 2.80. The predicted molar refractivity (Wildman–Crippen MR) is 77.7 cm³/mol. The Kier molecular flexibility index (Phi) is 3.45. The molecule has 0 bridgehead atoms. The molecular weight excluding hydrogens is 291 g/mol. The van der Waals surface area contributed by atoms with Crippen LogP contribution in [0.4, 0.5) is 4.39 Å². The van der Waals surface area contributed by atoms with Crippen molar-refractivity contribution in [1.82, 2.24) is 9.97 Å². The number of nitrogens with zero attached hydrogens (tertiary/aromatic N) is 2. The molecule has 3 aromatic rings. The van der Waals surface area contributed by atoms with E-state index in [4.69, 9.17) is 5.11 Å². The van der Waals surface area contributed by atoms with E-state index in [2.05, 4.69) is 9.97 Å². The van der Waals surface area contributed by atoms with Crippen molar-refractivity contribution >= 4 is 17.3 Å². The SMILES string of the molecule is O=C(O)c1ccc(-c2csc(-c3ccc(F)cn3)n2)cc1. The monoisotopic (exact) mass is 300 g/mol. The molecule has 1 aromatic carbocycles. The van der Waals surface area contributed by atoms with E-state index in [9.17, 15) is 9.18 Å². The first-order valence-corrected chi connectivity index (χ1v) is 6.92. The lowest BCUT2D eigenvalue weighted by Gasteiger charge is -1.98. The summed E-state index contributed by atoms with van der Waals surface area (Å²) in [5, 5.41) is 11.4. The standard InChI is InChI=1S/C15H9FN2O2S/c16-11-5-6-12(17-7-11)14-18-13(8-21-14)9-1-3-10(4-2-9)15(19)20/h1-8H,(H,19,20). The van der Waals surface area contributed by atoms with E-state index in [1.165, 1.54) is 29.5 Å². The zero-order valence-electron chi connectivity index (χ0n) is 10.7. The van der Waals surface area contributed by atoms with E-state index in [0.717, 1.165) is 17.5 Å². The number of carbonyl (C=O) groups is 1. The molecular formula is C15H9FN2O2S. The molecule has 0 aliphatic carbocycles. The molecule has 0 aliphatic heterocycles. The van der Waals surface area contributed by atoms with Crippen LogP contribution in [-0.2, 0) is 0 Å². The second kappa shape index (κ2) is 5.41. The number of carboxylic acids is 1. The lowest BCUT2D eigenvalue weighted by Crippen LogP contribution is -1.94. The molecule has 2 heterocycles. The van der Waals surface area contributed by atoms with Crippen molar-refractivity contribution in [3.63, 3.8) is 0 Å². The summed E-state index contributed by atoms with van der Waals surface area (Å²) in [5.74, 6) is -1.35. The number of pyridine rings is 1. The van der Waals surface area contributed by atoms with E-state index >= 15 is 0 Å². The third-order valence-electron chi connectivity index (χ3n) is 2.88. The molecule has 4 nitrogen and oxygen atoms in total. The number of aromatic nitrogens is 2. The van der Waals surface area contributed by atoms with Crippen molar-refractivity contribution in [2.24, 2.45) is 0 Å². The molecule has 0 unspecified atom stereocenters. The summed E-state index contributed by atoms with van der Waals surface area (Å²) < 4.78 is 12.8. The second-order valence-corrected chi connectivity index (χ2v) is 5.14. The van der Waals surface area contributed by atoms with Crippen LogP contribution in [0, 0.1) is 5.82 Å². The average molecular weight is 300 g/mol. The first-order chi connectivity index (χ1) is 10.1. The fourth-order valence-electron chi connectivity index (χ4n) is 1.81. The fourth-order valence-corrected chi connectivity index (χ4v) is 2.61. The van der Waals surface area contributed by atoms with E-state index in [-0.39, 0.29) is 11.4 Å². The van der Waals surface area contributed by atoms with Gasteiger partial charge in [-0.25, -0.2) is 14.2 Å². The number of hydrogen-bond acceptors (Lipinski definition) is 4. The van der Waals surface area contributed by atoms with Crippen molar-refractivity contribution in [2.75, 3.05) is 0 Å². The maximum Gasteiger partial charge on any atom is 0.335 e. The topological polar surface area (TPSA) is 63.1 Å². The maximum atomic E-state index is 12.8. The number of thiazole rings is 1.